The molecule has 2 aromatic carbocycles. The van der Waals surface area contributed by atoms with Crippen LogP contribution >= 0.6 is 0 Å². The average molecular weight is 598 g/mol. The largest absolute Gasteiger partial charge is 0.564 e. The van der Waals surface area contributed by atoms with E-state index in [2.05, 4.69) is 16.2 Å². The van der Waals surface area contributed by atoms with Gasteiger partial charge >= 0.3 is 12.1 Å². The van der Waals surface area contributed by atoms with E-state index in [0.29, 0.717) is 39.1 Å². The number of aliphatic carboxylic acids is 1. The zero-order valence-corrected chi connectivity index (χ0v) is 24.3. The zero-order chi connectivity index (χ0) is 32.1. The first kappa shape index (κ1) is 29.9. The minimum Gasteiger partial charge on any atom is -0.508 e. The number of aromatic hydroxyl groups is 1. The summed E-state index contributed by atoms with van der Waals surface area (Å²) in [7, 11) is 0. The molecule has 44 heavy (non-hydrogen) atoms. The van der Waals surface area contributed by atoms with Crippen molar-refractivity contribution >= 4 is 22.9 Å². The fraction of sp³-hybridized carbons (Fsp3) is 0.250. The number of nitroso groups, excluding NO2 is 1. The molecule has 0 spiro atoms. The highest BCUT2D eigenvalue weighted by atomic mass is 19.3. The number of phenolic OH excluding ortho intramolecular Hbond substituents is 1. The maximum absolute atomic E-state index is 16.2. The molecule has 0 fully saturated rings. The summed E-state index contributed by atoms with van der Waals surface area (Å²) >= 11 is 0. The van der Waals surface area contributed by atoms with Gasteiger partial charge in [0, 0.05) is 24.6 Å². The number of allylic oxidation sites excluding steroid dienone is 2. The van der Waals surface area contributed by atoms with Crippen LogP contribution in [0.3, 0.4) is 0 Å². The van der Waals surface area contributed by atoms with Crippen LogP contribution in [0.15, 0.2) is 64.7 Å². The third-order valence-electron chi connectivity index (χ3n) is 8.14. The molecule has 5 rings (SSSR count). The van der Waals surface area contributed by atoms with Gasteiger partial charge in [0.25, 0.3) is 5.70 Å². The smallest absolute Gasteiger partial charge is 0.508 e. The van der Waals surface area contributed by atoms with E-state index in [1.165, 1.54) is 32.0 Å². The van der Waals surface area contributed by atoms with Crippen molar-refractivity contribution in [3.8, 4) is 11.8 Å². The molecule has 0 bridgehead atoms. The molecule has 3 aromatic rings. The number of carbonyl (C=O) groups is 1. The summed E-state index contributed by atoms with van der Waals surface area (Å²) < 4.78 is 34.2. The van der Waals surface area contributed by atoms with Gasteiger partial charge in [-0.25, -0.2) is 14.4 Å². The molecule has 3 heterocycles. The number of anilines is 1. The monoisotopic (exact) mass is 597 g/mol. The van der Waals surface area contributed by atoms with Crippen LogP contribution in [-0.2, 0) is 23.9 Å². The number of hydrogen-bond donors (Lipinski definition) is 2. The van der Waals surface area contributed by atoms with Crippen molar-refractivity contribution < 1.29 is 28.4 Å². The number of halogens is 2. The summed E-state index contributed by atoms with van der Waals surface area (Å²) in [6, 6.07) is 13.3. The topological polar surface area (TPSA) is 126 Å². The lowest BCUT2D eigenvalue weighted by Crippen LogP contribution is -2.43. The Hall–Kier alpha value is -5.62. The van der Waals surface area contributed by atoms with Gasteiger partial charge in [-0.2, -0.15) is 5.26 Å². The van der Waals surface area contributed by atoms with Crippen LogP contribution in [0.5, 0.6) is 5.75 Å². The first-order valence-electron chi connectivity index (χ1n) is 13.6. The lowest BCUT2D eigenvalue weighted by molar-refractivity contribution is -0.675. The van der Waals surface area contributed by atoms with Gasteiger partial charge in [0.15, 0.2) is 5.71 Å². The molecule has 2 aliphatic rings. The number of nitriles is 1. The number of aryl methyl sites for hydroxylation is 1. The number of fused-ring (bicyclic) bond motifs is 2. The van der Waals surface area contributed by atoms with Crippen LogP contribution in [0, 0.1) is 36.7 Å². The number of rotatable bonds is 8. The fourth-order valence-electron chi connectivity index (χ4n) is 6.04. The number of carboxylic acid groups (broad SMARTS) is 1. The molecule has 0 saturated heterocycles. The zero-order valence-electron chi connectivity index (χ0n) is 24.3. The average Bonchev–Trinajstić information content (AvgIpc) is 3.40. The number of alkyl halides is 2. The maximum Gasteiger partial charge on any atom is 0.564 e. The van der Waals surface area contributed by atoms with Gasteiger partial charge in [0.2, 0.25) is 5.70 Å². The standard InChI is InChI=1S/C32H26F2N6O4/c1-17-25(15-35)19(3)39-30(17)28(31-18(2)29(36-5)20(4)40(31)32(39,33)34)22-8-6-21(7-9-22)16-38(37-44)24-11-12-26(41)23(14-24)10-13-27(42)43/h6-9,11-12,14H,10,13,16H2,1-4H3,(H-,41,42,43)/p+1. The van der Waals surface area contributed by atoms with Crippen molar-refractivity contribution in [2.45, 2.75) is 53.3 Å². The van der Waals surface area contributed by atoms with E-state index in [4.69, 9.17) is 11.7 Å². The minimum absolute atomic E-state index is 0.0316. The summed E-state index contributed by atoms with van der Waals surface area (Å²) in [5.74, 6) is -1.11. The Balaban J connectivity index is 1.59. The SMILES string of the molecule is [C-]#[N+]C1=C(C)C2=C(c3ccc(CN(N=O)c4ccc(O)c(CCC(=O)O)c4)cc3)c3c(C)c(C#N)c(C)n3C(F)(F)[N+]2=C1C. The van der Waals surface area contributed by atoms with E-state index in [0.717, 1.165) is 14.2 Å². The molecule has 0 radical (unpaired) electrons. The van der Waals surface area contributed by atoms with Crippen LogP contribution in [-0.4, -0.2) is 31.0 Å². The van der Waals surface area contributed by atoms with Crippen LogP contribution in [0.25, 0.3) is 10.4 Å². The molecule has 2 aliphatic heterocycles. The van der Waals surface area contributed by atoms with Crippen molar-refractivity contribution in [2.75, 3.05) is 5.01 Å². The number of phenols is 1. The number of benzene rings is 2. The molecule has 0 unspecified atom stereocenters. The Morgan fingerprint density at radius 2 is 1.86 bits per heavy atom. The van der Waals surface area contributed by atoms with Crippen molar-refractivity contribution in [3.63, 3.8) is 0 Å². The van der Waals surface area contributed by atoms with E-state index in [1.807, 2.05) is 0 Å². The summed E-state index contributed by atoms with van der Waals surface area (Å²) in [5.41, 5.74) is 4.11. The summed E-state index contributed by atoms with van der Waals surface area (Å²) in [4.78, 5) is 26.3. The second-order valence-corrected chi connectivity index (χ2v) is 10.7. The van der Waals surface area contributed by atoms with Crippen molar-refractivity contribution in [2.24, 2.45) is 5.29 Å². The number of aromatic nitrogens is 1. The van der Waals surface area contributed by atoms with Crippen LogP contribution in [0.1, 0.15) is 59.5 Å². The van der Waals surface area contributed by atoms with Crippen LogP contribution < -0.4 is 5.01 Å². The molecule has 10 nitrogen and oxygen atoms in total. The molecule has 0 atom stereocenters. The van der Waals surface area contributed by atoms with E-state index in [-0.39, 0.29) is 59.2 Å². The van der Waals surface area contributed by atoms with Crippen molar-refractivity contribution in [1.29, 1.82) is 5.26 Å². The van der Waals surface area contributed by atoms with Gasteiger partial charge in [-0.1, -0.05) is 24.3 Å². The van der Waals surface area contributed by atoms with E-state index in [1.54, 1.807) is 38.1 Å². The Bertz CT molecular complexity index is 1940. The number of nitrogens with zero attached hydrogens (tertiary/aromatic N) is 6. The van der Waals surface area contributed by atoms with E-state index < -0.39 is 12.1 Å². The van der Waals surface area contributed by atoms with Gasteiger partial charge < -0.3 is 10.2 Å². The van der Waals surface area contributed by atoms with Gasteiger partial charge in [-0.15, -0.1) is 18.3 Å². The highest BCUT2D eigenvalue weighted by molar-refractivity contribution is 6.02. The lowest BCUT2D eigenvalue weighted by atomic mass is 9.92. The Kier molecular flexibility index (Phi) is 7.39. The quantitative estimate of drug-likeness (QED) is 0.103. The van der Waals surface area contributed by atoms with Gasteiger partial charge in [-0.3, -0.25) is 4.79 Å². The van der Waals surface area contributed by atoms with E-state index in [9.17, 15) is 20.1 Å². The second kappa shape index (κ2) is 10.9. The molecule has 1 aromatic heterocycles. The predicted molar refractivity (Wildman–Crippen MR) is 158 cm³/mol. The Morgan fingerprint density at radius 3 is 2.45 bits per heavy atom. The maximum atomic E-state index is 16.2. The second-order valence-electron chi connectivity index (χ2n) is 10.7. The molecular formula is C32H27F2N6O4+. The van der Waals surface area contributed by atoms with E-state index >= 15 is 8.78 Å². The Labute approximate surface area is 251 Å². The predicted octanol–water partition coefficient (Wildman–Crippen LogP) is 6.35. The van der Waals surface area contributed by atoms with Gasteiger partial charge in [0.05, 0.1) is 40.9 Å². The fourth-order valence-corrected chi connectivity index (χ4v) is 6.04. The molecule has 0 saturated carbocycles. The number of hydrogen-bond acceptors (Lipinski definition) is 5. The molecule has 0 amide bonds. The molecule has 12 heteroatoms. The Morgan fingerprint density at radius 1 is 1.18 bits per heavy atom. The minimum atomic E-state index is -3.57. The number of carboxylic acids is 1. The summed E-state index contributed by atoms with van der Waals surface area (Å²) in [6.07, 6.45) is -3.70. The first-order valence-corrected chi connectivity index (χ1v) is 13.6. The van der Waals surface area contributed by atoms with Crippen LogP contribution in [0.4, 0.5) is 14.5 Å². The molecule has 2 N–H and O–H groups in total. The molecule has 0 aliphatic carbocycles. The molecular weight excluding hydrogens is 570 g/mol. The van der Waals surface area contributed by atoms with Crippen molar-refractivity contribution in [1.82, 2.24) is 4.57 Å². The highest BCUT2D eigenvalue weighted by Gasteiger charge is 2.59. The third-order valence-corrected chi connectivity index (χ3v) is 8.14. The first-order chi connectivity index (χ1) is 20.9. The van der Waals surface area contributed by atoms with Gasteiger partial charge in [0.1, 0.15) is 11.8 Å². The van der Waals surface area contributed by atoms with Crippen molar-refractivity contribution in [3.05, 3.63) is 115 Å². The lowest BCUT2D eigenvalue weighted by Gasteiger charge is -2.27. The summed E-state index contributed by atoms with van der Waals surface area (Å²) in [5, 5.41) is 33.2. The van der Waals surface area contributed by atoms with Gasteiger partial charge in [-0.05, 0) is 67.6 Å². The molecule has 222 valence electrons. The summed E-state index contributed by atoms with van der Waals surface area (Å²) in [6.45, 7) is 13.9. The normalized spacial score (nSPS) is 15.1. The van der Waals surface area contributed by atoms with Crippen LogP contribution in [0.2, 0.25) is 0 Å². The highest BCUT2D eigenvalue weighted by Crippen LogP contribution is 2.49. The third kappa shape index (κ3) is 4.52.